The third-order valence-corrected chi connectivity index (χ3v) is 2.93. The summed E-state index contributed by atoms with van der Waals surface area (Å²) >= 11 is 0. The van der Waals surface area contributed by atoms with Gasteiger partial charge in [0.15, 0.2) is 0 Å². The van der Waals surface area contributed by atoms with Crippen LogP contribution in [0.25, 0.3) is 0 Å². The van der Waals surface area contributed by atoms with E-state index in [2.05, 4.69) is 10.6 Å². The predicted molar refractivity (Wildman–Crippen MR) is 83.9 cm³/mol. The lowest BCUT2D eigenvalue weighted by Gasteiger charge is -2.21. The molecule has 4 N–H and O–H groups in total. The Hall–Kier alpha value is -1.83. The van der Waals surface area contributed by atoms with E-state index in [9.17, 15) is 14.4 Å². The molecule has 0 aromatic heterocycles. The Morgan fingerprint density at radius 1 is 1.17 bits per heavy atom. The number of ether oxygens (including phenoxy) is 1. The summed E-state index contributed by atoms with van der Waals surface area (Å²) in [6, 6.07) is -0.941. The number of alkyl carbamates (subject to hydrolysis) is 1. The molecule has 0 saturated carbocycles. The number of nitrogens with one attached hydrogen (secondary N) is 2. The second-order valence-corrected chi connectivity index (χ2v) is 6.48. The zero-order chi connectivity index (χ0) is 18.0. The first-order valence-electron chi connectivity index (χ1n) is 7.66. The lowest BCUT2D eigenvalue weighted by molar-refractivity contribution is -0.143. The summed E-state index contributed by atoms with van der Waals surface area (Å²) in [4.78, 5) is 34.2. The van der Waals surface area contributed by atoms with Crippen molar-refractivity contribution in [1.82, 2.24) is 10.6 Å². The maximum Gasteiger partial charge on any atom is 0.407 e. The van der Waals surface area contributed by atoms with Crippen molar-refractivity contribution in [2.24, 2.45) is 5.41 Å². The van der Waals surface area contributed by atoms with E-state index in [-0.39, 0.29) is 18.9 Å². The summed E-state index contributed by atoms with van der Waals surface area (Å²) in [6.45, 7) is 6.90. The molecule has 2 atom stereocenters. The van der Waals surface area contributed by atoms with Crippen LogP contribution in [-0.2, 0) is 14.3 Å². The Bertz CT molecular complexity index is 403. The smallest absolute Gasteiger partial charge is 0.407 e. The van der Waals surface area contributed by atoms with E-state index in [1.807, 2.05) is 0 Å². The van der Waals surface area contributed by atoms with Crippen LogP contribution in [0.1, 0.15) is 47.0 Å². The first-order valence-corrected chi connectivity index (χ1v) is 7.66. The van der Waals surface area contributed by atoms with E-state index in [0.29, 0.717) is 19.4 Å². The van der Waals surface area contributed by atoms with Gasteiger partial charge in [0.25, 0.3) is 0 Å². The van der Waals surface area contributed by atoms with Gasteiger partial charge in [0.1, 0.15) is 12.6 Å². The van der Waals surface area contributed by atoms with Crippen LogP contribution in [0.5, 0.6) is 0 Å². The molecule has 8 heteroatoms. The van der Waals surface area contributed by atoms with Gasteiger partial charge < -0.3 is 25.6 Å². The molecule has 0 aromatic carbocycles. The van der Waals surface area contributed by atoms with Gasteiger partial charge in [0.2, 0.25) is 5.91 Å². The van der Waals surface area contributed by atoms with Crippen molar-refractivity contribution in [2.75, 3.05) is 13.2 Å². The molecule has 0 spiro atoms. The first kappa shape index (κ1) is 21.2. The lowest BCUT2D eigenvalue weighted by atomic mass is 9.95. The number of carbonyl (C=O) groups excluding carboxylic acids is 2. The summed E-state index contributed by atoms with van der Waals surface area (Å²) in [7, 11) is 0. The molecule has 0 aliphatic heterocycles. The topological polar surface area (TPSA) is 125 Å². The minimum absolute atomic E-state index is 0.0776. The molecule has 0 saturated heterocycles. The quantitative estimate of drug-likeness (QED) is 0.465. The van der Waals surface area contributed by atoms with Gasteiger partial charge in [-0.25, -0.2) is 9.59 Å². The molecule has 2 amide bonds. The Labute approximate surface area is 136 Å². The van der Waals surface area contributed by atoms with Gasteiger partial charge in [-0.2, -0.15) is 0 Å². The van der Waals surface area contributed by atoms with Crippen LogP contribution in [0.3, 0.4) is 0 Å². The van der Waals surface area contributed by atoms with Gasteiger partial charge in [-0.15, -0.1) is 0 Å². The number of carboxylic acids is 1. The first-order chi connectivity index (χ1) is 10.5. The third-order valence-electron chi connectivity index (χ3n) is 2.93. The summed E-state index contributed by atoms with van der Waals surface area (Å²) in [6.07, 6.45) is 0.0173. The summed E-state index contributed by atoms with van der Waals surface area (Å²) in [5.74, 6) is -1.39. The third kappa shape index (κ3) is 10.5. The molecule has 134 valence electrons. The number of hydrogen-bond acceptors (Lipinski definition) is 5. The van der Waals surface area contributed by atoms with E-state index < -0.39 is 29.6 Å². The molecule has 0 fully saturated rings. The Balaban J connectivity index is 4.00. The van der Waals surface area contributed by atoms with Crippen LogP contribution >= 0.6 is 0 Å². The molecule has 0 aromatic rings. The minimum Gasteiger partial charge on any atom is -0.480 e. The molecule has 2 unspecified atom stereocenters. The van der Waals surface area contributed by atoms with Crippen molar-refractivity contribution in [3.63, 3.8) is 0 Å². The van der Waals surface area contributed by atoms with Gasteiger partial charge >= 0.3 is 12.1 Å². The Kier molecular flexibility index (Phi) is 9.24. The maximum absolute atomic E-state index is 11.8. The molecule has 0 bridgehead atoms. The lowest BCUT2D eigenvalue weighted by Crippen LogP contribution is -2.45. The van der Waals surface area contributed by atoms with Gasteiger partial charge in [-0.05, 0) is 26.2 Å². The molecule has 0 heterocycles. The van der Waals surface area contributed by atoms with Gasteiger partial charge in [-0.1, -0.05) is 20.8 Å². The van der Waals surface area contributed by atoms with Crippen LogP contribution in [0.4, 0.5) is 4.79 Å². The van der Waals surface area contributed by atoms with Crippen LogP contribution in [0.15, 0.2) is 0 Å². The zero-order valence-electron chi connectivity index (χ0n) is 14.2. The van der Waals surface area contributed by atoms with Crippen molar-refractivity contribution in [1.29, 1.82) is 0 Å². The Morgan fingerprint density at radius 3 is 2.26 bits per heavy atom. The number of carboxylic acid groups (broad SMARTS) is 1. The van der Waals surface area contributed by atoms with E-state index >= 15 is 0 Å². The molecule has 0 aliphatic rings. The highest BCUT2D eigenvalue weighted by molar-refractivity contribution is 5.86. The van der Waals surface area contributed by atoms with Crippen molar-refractivity contribution < 1.29 is 29.3 Å². The average Bonchev–Trinajstić information content (AvgIpc) is 2.41. The largest absolute Gasteiger partial charge is 0.480 e. The predicted octanol–water partition coefficient (Wildman–Crippen LogP) is 0.879. The number of unbranched alkanes of at least 4 members (excludes halogenated alkanes) is 1. The summed E-state index contributed by atoms with van der Waals surface area (Å²) in [5, 5.41) is 23.1. The molecule has 0 rings (SSSR count). The molecule has 0 radical (unpaired) electrons. The average molecular weight is 332 g/mol. The van der Waals surface area contributed by atoms with Crippen molar-refractivity contribution in [2.45, 2.75) is 59.1 Å². The van der Waals surface area contributed by atoms with Gasteiger partial charge in [0.05, 0.1) is 6.10 Å². The molecule has 0 aliphatic carbocycles. The SMILES string of the molecule is CC(O)COC(=O)NCCCCC(NC(=O)C(C)(C)C)C(=O)O. The number of amides is 2. The number of rotatable bonds is 9. The minimum atomic E-state index is -1.08. The second-order valence-electron chi connectivity index (χ2n) is 6.48. The number of aliphatic hydroxyl groups is 1. The van der Waals surface area contributed by atoms with E-state index in [1.54, 1.807) is 20.8 Å². The molecular weight excluding hydrogens is 304 g/mol. The van der Waals surface area contributed by atoms with Crippen molar-refractivity contribution in [3.8, 4) is 0 Å². The standard InChI is InChI=1S/C15H28N2O6/c1-10(18)9-23-14(22)16-8-6-5-7-11(12(19)20)17-13(21)15(2,3)4/h10-11,18H,5-9H2,1-4H3,(H,16,22)(H,17,21)(H,19,20). The van der Waals surface area contributed by atoms with Crippen LogP contribution < -0.4 is 10.6 Å². The van der Waals surface area contributed by atoms with Crippen LogP contribution in [0, 0.1) is 5.41 Å². The number of aliphatic carboxylic acids is 1. The molecule has 8 nitrogen and oxygen atoms in total. The number of carbonyl (C=O) groups is 3. The van der Waals surface area contributed by atoms with Crippen molar-refractivity contribution >= 4 is 18.0 Å². The van der Waals surface area contributed by atoms with Gasteiger partial charge in [-0.3, -0.25) is 4.79 Å². The fraction of sp³-hybridized carbons (Fsp3) is 0.800. The zero-order valence-corrected chi connectivity index (χ0v) is 14.2. The number of hydrogen-bond donors (Lipinski definition) is 4. The van der Waals surface area contributed by atoms with E-state index in [4.69, 9.17) is 14.9 Å². The van der Waals surface area contributed by atoms with Crippen LogP contribution in [0.2, 0.25) is 0 Å². The van der Waals surface area contributed by atoms with Crippen molar-refractivity contribution in [3.05, 3.63) is 0 Å². The highest BCUT2D eigenvalue weighted by atomic mass is 16.6. The summed E-state index contributed by atoms with van der Waals surface area (Å²) in [5.41, 5.74) is -0.650. The second kappa shape index (κ2) is 10.0. The highest BCUT2D eigenvalue weighted by Gasteiger charge is 2.26. The maximum atomic E-state index is 11.8. The Morgan fingerprint density at radius 2 is 1.78 bits per heavy atom. The van der Waals surface area contributed by atoms with E-state index in [1.165, 1.54) is 6.92 Å². The van der Waals surface area contributed by atoms with E-state index in [0.717, 1.165) is 0 Å². The normalized spacial score (nSPS) is 13.8. The monoisotopic (exact) mass is 332 g/mol. The molecule has 23 heavy (non-hydrogen) atoms. The highest BCUT2D eigenvalue weighted by Crippen LogP contribution is 2.14. The van der Waals surface area contributed by atoms with Crippen LogP contribution in [-0.4, -0.2) is 53.5 Å². The fourth-order valence-electron chi connectivity index (χ4n) is 1.54. The number of aliphatic hydroxyl groups excluding tert-OH is 1. The summed E-state index contributed by atoms with van der Waals surface area (Å²) < 4.78 is 4.71. The molecular formula is C15H28N2O6. The van der Waals surface area contributed by atoms with Gasteiger partial charge in [0, 0.05) is 12.0 Å². The fourth-order valence-corrected chi connectivity index (χ4v) is 1.54.